The van der Waals surface area contributed by atoms with Crippen molar-refractivity contribution in [2.24, 2.45) is 0 Å². The molecule has 2 aromatic rings. The molecule has 1 fully saturated rings. The minimum atomic E-state index is -0.495. The molecule has 0 aliphatic carbocycles. The highest BCUT2D eigenvalue weighted by molar-refractivity contribution is 6.00. The molecule has 2 aromatic carbocycles. The maximum absolute atomic E-state index is 13.1. The number of rotatable bonds is 4. The fourth-order valence-corrected chi connectivity index (χ4v) is 3.18. The van der Waals surface area contributed by atoms with Crippen molar-refractivity contribution in [3.8, 4) is 0 Å². The smallest absolute Gasteiger partial charge is 0.270 e. The first-order valence-electron chi connectivity index (χ1n) is 8.45. The first kappa shape index (κ1) is 17.9. The van der Waals surface area contributed by atoms with Crippen LogP contribution in [-0.4, -0.2) is 42.0 Å². The Labute approximate surface area is 151 Å². The number of anilines is 1. The quantitative estimate of drug-likeness (QED) is 0.672. The van der Waals surface area contributed by atoms with E-state index in [2.05, 4.69) is 5.32 Å². The van der Waals surface area contributed by atoms with Gasteiger partial charge in [-0.05, 0) is 18.6 Å². The van der Waals surface area contributed by atoms with Gasteiger partial charge in [0.2, 0.25) is 0 Å². The summed E-state index contributed by atoms with van der Waals surface area (Å²) in [6, 6.07) is 14.0. The van der Waals surface area contributed by atoms with Crippen molar-refractivity contribution in [3.05, 3.63) is 69.8 Å². The second-order valence-electron chi connectivity index (χ2n) is 6.29. The zero-order valence-electron chi connectivity index (χ0n) is 14.7. The number of hydrogen-bond donors (Lipinski definition) is 1. The Morgan fingerprint density at radius 3 is 2.62 bits per heavy atom. The van der Waals surface area contributed by atoms with Crippen molar-refractivity contribution >= 4 is 17.3 Å². The van der Waals surface area contributed by atoms with Gasteiger partial charge in [-0.25, -0.2) is 0 Å². The Bertz CT molecular complexity index is 810. The van der Waals surface area contributed by atoms with Crippen LogP contribution in [0.15, 0.2) is 48.5 Å². The van der Waals surface area contributed by atoms with Gasteiger partial charge in [0, 0.05) is 31.4 Å². The molecule has 0 radical (unpaired) electrons. The molecule has 1 heterocycles. The number of carbonyl (C=O) groups is 1. The summed E-state index contributed by atoms with van der Waals surface area (Å²) >= 11 is 0. The van der Waals surface area contributed by atoms with Gasteiger partial charge < -0.3 is 15.0 Å². The van der Waals surface area contributed by atoms with Gasteiger partial charge in [0.15, 0.2) is 0 Å². The average Bonchev–Trinajstić information content (AvgIpc) is 2.67. The van der Waals surface area contributed by atoms with E-state index in [-0.39, 0.29) is 23.8 Å². The molecule has 1 aliphatic heterocycles. The molecule has 0 aromatic heterocycles. The molecule has 7 heteroatoms. The summed E-state index contributed by atoms with van der Waals surface area (Å²) in [4.78, 5) is 25.4. The standard InChI is InChI=1S/C19H21N3O4/c1-13-11-21(12-18(26-13)14-6-4-3-5-7-14)19(23)16-10-15(22(24)25)8-9-17(16)20-2/h3-10,13,18,20H,11-12H2,1-2H3/t13-,18-/m0/s1. The summed E-state index contributed by atoms with van der Waals surface area (Å²) in [6.07, 6.45) is -0.352. The molecule has 0 spiro atoms. The van der Waals surface area contributed by atoms with E-state index in [1.807, 2.05) is 37.3 Å². The van der Waals surface area contributed by atoms with Gasteiger partial charge in [-0.3, -0.25) is 14.9 Å². The van der Waals surface area contributed by atoms with Gasteiger partial charge >= 0.3 is 0 Å². The maximum Gasteiger partial charge on any atom is 0.270 e. The third kappa shape index (κ3) is 3.67. The normalized spacial score (nSPS) is 19.8. The van der Waals surface area contributed by atoms with E-state index < -0.39 is 4.92 Å². The van der Waals surface area contributed by atoms with Crippen LogP contribution in [0.2, 0.25) is 0 Å². The van der Waals surface area contributed by atoms with E-state index in [4.69, 9.17) is 4.74 Å². The molecule has 1 saturated heterocycles. The number of non-ortho nitro benzene ring substituents is 1. The minimum absolute atomic E-state index is 0.103. The number of nitrogens with zero attached hydrogens (tertiary/aromatic N) is 2. The van der Waals surface area contributed by atoms with Crippen molar-refractivity contribution in [1.29, 1.82) is 0 Å². The lowest BCUT2D eigenvalue weighted by atomic mass is 10.0. The average molecular weight is 355 g/mol. The number of ether oxygens (including phenoxy) is 1. The van der Waals surface area contributed by atoms with Gasteiger partial charge in [0.05, 0.1) is 23.1 Å². The third-order valence-electron chi connectivity index (χ3n) is 4.43. The van der Waals surface area contributed by atoms with E-state index in [1.165, 1.54) is 12.1 Å². The molecule has 0 saturated carbocycles. The predicted octanol–water partition coefficient (Wildman–Crippen LogP) is 3.24. The summed E-state index contributed by atoms with van der Waals surface area (Å²) in [5, 5.41) is 14.0. The summed E-state index contributed by atoms with van der Waals surface area (Å²) in [6.45, 7) is 2.76. The number of amides is 1. The van der Waals surface area contributed by atoms with Gasteiger partial charge in [-0.15, -0.1) is 0 Å². The zero-order chi connectivity index (χ0) is 18.7. The van der Waals surface area contributed by atoms with Crippen LogP contribution in [-0.2, 0) is 4.74 Å². The molecular weight excluding hydrogens is 334 g/mol. The lowest BCUT2D eigenvalue weighted by Gasteiger charge is -2.37. The number of hydrogen-bond acceptors (Lipinski definition) is 5. The van der Waals surface area contributed by atoms with Crippen molar-refractivity contribution in [1.82, 2.24) is 4.90 Å². The number of benzene rings is 2. The van der Waals surface area contributed by atoms with E-state index in [0.717, 1.165) is 5.56 Å². The summed E-state index contributed by atoms with van der Waals surface area (Å²) in [5.74, 6) is -0.242. The van der Waals surface area contributed by atoms with Gasteiger partial charge in [0.25, 0.3) is 11.6 Å². The van der Waals surface area contributed by atoms with Crippen molar-refractivity contribution < 1.29 is 14.5 Å². The first-order chi connectivity index (χ1) is 12.5. The SMILES string of the molecule is CNc1ccc([N+](=O)[O-])cc1C(=O)N1C[C@@H](c2ccccc2)O[C@@H](C)C1. The van der Waals surface area contributed by atoms with Crippen LogP contribution in [0.3, 0.4) is 0 Å². The first-order valence-corrected chi connectivity index (χ1v) is 8.45. The van der Waals surface area contributed by atoms with E-state index in [1.54, 1.807) is 18.0 Å². The van der Waals surface area contributed by atoms with Gasteiger partial charge in [-0.1, -0.05) is 30.3 Å². The number of morpholine rings is 1. The number of nitrogens with one attached hydrogen (secondary N) is 1. The molecule has 136 valence electrons. The zero-order valence-corrected chi connectivity index (χ0v) is 14.7. The molecule has 7 nitrogen and oxygen atoms in total. The van der Waals surface area contributed by atoms with E-state index in [0.29, 0.717) is 24.3 Å². The number of nitro groups is 1. The second-order valence-corrected chi connectivity index (χ2v) is 6.29. The highest BCUT2D eigenvalue weighted by Gasteiger charge is 2.31. The lowest BCUT2D eigenvalue weighted by molar-refractivity contribution is -0.384. The lowest BCUT2D eigenvalue weighted by Crippen LogP contribution is -2.46. The predicted molar refractivity (Wildman–Crippen MR) is 98.3 cm³/mol. The Kier molecular flexibility index (Phi) is 5.18. The Balaban J connectivity index is 1.89. The fourth-order valence-electron chi connectivity index (χ4n) is 3.18. The highest BCUT2D eigenvalue weighted by atomic mass is 16.6. The molecular formula is C19H21N3O4. The molecule has 1 aliphatic rings. The van der Waals surface area contributed by atoms with Crippen LogP contribution in [0, 0.1) is 10.1 Å². The molecule has 3 rings (SSSR count). The highest BCUT2D eigenvalue weighted by Crippen LogP contribution is 2.29. The van der Waals surface area contributed by atoms with Crippen LogP contribution in [0.5, 0.6) is 0 Å². The van der Waals surface area contributed by atoms with Crippen LogP contribution >= 0.6 is 0 Å². The van der Waals surface area contributed by atoms with Crippen molar-refractivity contribution in [3.63, 3.8) is 0 Å². The fraction of sp³-hybridized carbons (Fsp3) is 0.316. The van der Waals surface area contributed by atoms with Gasteiger partial charge in [0.1, 0.15) is 6.10 Å². The van der Waals surface area contributed by atoms with Crippen LogP contribution in [0.4, 0.5) is 11.4 Å². The number of carbonyl (C=O) groups excluding carboxylic acids is 1. The maximum atomic E-state index is 13.1. The van der Waals surface area contributed by atoms with Crippen molar-refractivity contribution in [2.45, 2.75) is 19.1 Å². The molecule has 1 amide bonds. The molecule has 0 unspecified atom stereocenters. The monoisotopic (exact) mass is 355 g/mol. The Morgan fingerprint density at radius 1 is 1.23 bits per heavy atom. The third-order valence-corrected chi connectivity index (χ3v) is 4.43. The summed E-state index contributed by atoms with van der Waals surface area (Å²) in [5.41, 5.74) is 1.76. The Morgan fingerprint density at radius 2 is 1.96 bits per heavy atom. The van der Waals surface area contributed by atoms with E-state index in [9.17, 15) is 14.9 Å². The Hall–Kier alpha value is -2.93. The van der Waals surface area contributed by atoms with Crippen LogP contribution in [0.1, 0.15) is 28.9 Å². The molecule has 26 heavy (non-hydrogen) atoms. The molecule has 0 bridgehead atoms. The molecule has 1 N–H and O–H groups in total. The summed E-state index contributed by atoms with van der Waals surface area (Å²) in [7, 11) is 1.69. The summed E-state index contributed by atoms with van der Waals surface area (Å²) < 4.78 is 5.99. The second kappa shape index (κ2) is 7.53. The topological polar surface area (TPSA) is 84.7 Å². The van der Waals surface area contributed by atoms with Crippen molar-refractivity contribution in [2.75, 3.05) is 25.5 Å². The van der Waals surface area contributed by atoms with Crippen LogP contribution in [0.25, 0.3) is 0 Å². The molecule has 2 atom stereocenters. The largest absolute Gasteiger partial charge is 0.387 e. The number of nitro benzene ring substituents is 1. The minimum Gasteiger partial charge on any atom is -0.387 e. The van der Waals surface area contributed by atoms with E-state index >= 15 is 0 Å². The van der Waals surface area contributed by atoms with Crippen LogP contribution < -0.4 is 5.32 Å². The van der Waals surface area contributed by atoms with Gasteiger partial charge in [-0.2, -0.15) is 0 Å².